The van der Waals surface area contributed by atoms with Crippen molar-refractivity contribution in [3.05, 3.63) is 0 Å². The number of hydrogen-bond acceptors (Lipinski definition) is 2. The molecule has 2 heteroatoms. The summed E-state index contributed by atoms with van der Waals surface area (Å²) in [6.07, 6.45) is 6.76. The highest BCUT2D eigenvalue weighted by atomic mass is 32.2. The second-order valence-corrected chi connectivity index (χ2v) is 4.65. The number of unbranched alkanes of at least 4 members (excludes halogenated alkanes) is 3. The van der Waals surface area contributed by atoms with Crippen molar-refractivity contribution in [2.45, 2.75) is 46.0 Å². The molecule has 80 valence electrons. The maximum Gasteiger partial charge on any atom is 0.00581 e. The van der Waals surface area contributed by atoms with Crippen LogP contribution in [-0.2, 0) is 0 Å². The van der Waals surface area contributed by atoms with Crippen LogP contribution < -0.4 is 5.32 Å². The number of thioether (sulfide) groups is 1. The van der Waals surface area contributed by atoms with Crippen molar-refractivity contribution in [2.75, 3.05) is 24.6 Å². The molecule has 0 fully saturated rings. The lowest BCUT2D eigenvalue weighted by Gasteiger charge is -2.03. The summed E-state index contributed by atoms with van der Waals surface area (Å²) in [6, 6.07) is 0. The molecule has 0 bridgehead atoms. The van der Waals surface area contributed by atoms with E-state index in [-0.39, 0.29) is 0 Å². The van der Waals surface area contributed by atoms with Gasteiger partial charge in [-0.25, -0.2) is 0 Å². The molecule has 1 nitrogen and oxygen atoms in total. The fourth-order valence-corrected chi connectivity index (χ4v) is 2.03. The molecule has 0 heterocycles. The van der Waals surface area contributed by atoms with Gasteiger partial charge in [-0.05, 0) is 25.1 Å². The molecule has 0 aromatic heterocycles. The lowest BCUT2D eigenvalue weighted by atomic mass is 10.3. The lowest BCUT2D eigenvalue weighted by Crippen LogP contribution is -2.18. The van der Waals surface area contributed by atoms with Crippen molar-refractivity contribution in [3.63, 3.8) is 0 Å². The maximum atomic E-state index is 3.46. The Morgan fingerprint density at radius 2 is 1.62 bits per heavy atom. The third-order valence-electron chi connectivity index (χ3n) is 2.02. The Morgan fingerprint density at radius 3 is 2.31 bits per heavy atom. The minimum absolute atomic E-state index is 1.19. The van der Waals surface area contributed by atoms with Gasteiger partial charge in [0.25, 0.3) is 0 Å². The van der Waals surface area contributed by atoms with Gasteiger partial charge in [0.2, 0.25) is 0 Å². The van der Waals surface area contributed by atoms with Crippen LogP contribution in [-0.4, -0.2) is 24.6 Å². The van der Waals surface area contributed by atoms with Gasteiger partial charge in [0.1, 0.15) is 0 Å². The van der Waals surface area contributed by atoms with Crippen LogP contribution >= 0.6 is 11.8 Å². The van der Waals surface area contributed by atoms with Crippen molar-refractivity contribution in [2.24, 2.45) is 0 Å². The molecule has 0 unspecified atom stereocenters. The first-order valence-electron chi connectivity index (χ1n) is 5.70. The van der Waals surface area contributed by atoms with Gasteiger partial charge in [0.05, 0.1) is 0 Å². The predicted molar refractivity (Wildman–Crippen MR) is 64.6 cm³/mol. The number of hydrogen-bond donors (Lipinski definition) is 1. The van der Waals surface area contributed by atoms with Crippen molar-refractivity contribution in [1.82, 2.24) is 5.32 Å². The van der Waals surface area contributed by atoms with E-state index in [9.17, 15) is 0 Å². The van der Waals surface area contributed by atoms with E-state index < -0.39 is 0 Å². The standard InChI is InChI=1S/C11H25NS/c1-3-5-7-10-13-11-9-12-8-6-4-2/h12H,3-11H2,1-2H3. The van der Waals surface area contributed by atoms with E-state index in [1.54, 1.807) is 0 Å². The predicted octanol–water partition coefficient (Wildman–Crippen LogP) is 3.30. The highest BCUT2D eigenvalue weighted by molar-refractivity contribution is 7.99. The van der Waals surface area contributed by atoms with Crippen LogP contribution in [0.2, 0.25) is 0 Å². The first-order chi connectivity index (χ1) is 6.41. The molecule has 0 rings (SSSR count). The molecule has 0 aromatic carbocycles. The van der Waals surface area contributed by atoms with Crippen LogP contribution in [0.4, 0.5) is 0 Å². The smallest absolute Gasteiger partial charge is 0.00581 e. The van der Waals surface area contributed by atoms with Crippen LogP contribution in [0.1, 0.15) is 46.0 Å². The van der Waals surface area contributed by atoms with Gasteiger partial charge < -0.3 is 5.32 Å². The first-order valence-corrected chi connectivity index (χ1v) is 6.85. The normalized spacial score (nSPS) is 10.6. The molecule has 0 saturated heterocycles. The number of nitrogens with one attached hydrogen (secondary N) is 1. The van der Waals surface area contributed by atoms with Gasteiger partial charge in [-0.15, -0.1) is 0 Å². The first kappa shape index (κ1) is 13.3. The Kier molecular flexibility index (Phi) is 12.6. The summed E-state index contributed by atoms with van der Waals surface area (Å²) in [5, 5.41) is 3.46. The summed E-state index contributed by atoms with van der Waals surface area (Å²) in [5.41, 5.74) is 0. The molecule has 0 radical (unpaired) electrons. The highest BCUT2D eigenvalue weighted by Gasteiger charge is 1.89. The van der Waals surface area contributed by atoms with Crippen molar-refractivity contribution in [3.8, 4) is 0 Å². The summed E-state index contributed by atoms with van der Waals surface area (Å²) < 4.78 is 0. The zero-order chi connectivity index (χ0) is 9.78. The lowest BCUT2D eigenvalue weighted by molar-refractivity contribution is 0.666. The van der Waals surface area contributed by atoms with E-state index in [1.807, 2.05) is 0 Å². The van der Waals surface area contributed by atoms with Crippen LogP contribution in [0, 0.1) is 0 Å². The van der Waals surface area contributed by atoms with Crippen molar-refractivity contribution >= 4 is 11.8 Å². The second-order valence-electron chi connectivity index (χ2n) is 3.42. The molecule has 0 aliphatic carbocycles. The fraction of sp³-hybridized carbons (Fsp3) is 1.00. The summed E-state index contributed by atoms with van der Waals surface area (Å²) in [5.74, 6) is 2.64. The summed E-state index contributed by atoms with van der Waals surface area (Å²) in [7, 11) is 0. The quantitative estimate of drug-likeness (QED) is 0.547. The Labute approximate surface area is 88.1 Å². The third kappa shape index (κ3) is 12.3. The molecule has 0 aromatic rings. The topological polar surface area (TPSA) is 12.0 Å². The van der Waals surface area contributed by atoms with E-state index in [0.29, 0.717) is 0 Å². The Hall–Kier alpha value is 0.310. The van der Waals surface area contributed by atoms with Gasteiger partial charge in [-0.1, -0.05) is 33.1 Å². The average Bonchev–Trinajstić information content (AvgIpc) is 2.16. The zero-order valence-electron chi connectivity index (χ0n) is 9.27. The van der Waals surface area contributed by atoms with Crippen LogP contribution in [0.25, 0.3) is 0 Å². The monoisotopic (exact) mass is 203 g/mol. The summed E-state index contributed by atoms with van der Waals surface area (Å²) in [6.45, 7) is 6.89. The van der Waals surface area contributed by atoms with E-state index in [1.165, 1.54) is 56.7 Å². The Balaban J connectivity index is 2.76. The van der Waals surface area contributed by atoms with E-state index in [2.05, 4.69) is 30.9 Å². The minimum Gasteiger partial charge on any atom is -0.316 e. The fourth-order valence-electron chi connectivity index (χ4n) is 1.13. The summed E-state index contributed by atoms with van der Waals surface area (Å²) in [4.78, 5) is 0. The summed E-state index contributed by atoms with van der Waals surface area (Å²) >= 11 is 2.09. The SMILES string of the molecule is CCCCCSCCNCCCC. The molecule has 0 atom stereocenters. The molecular weight excluding hydrogens is 178 g/mol. The van der Waals surface area contributed by atoms with Crippen LogP contribution in [0.15, 0.2) is 0 Å². The van der Waals surface area contributed by atoms with Gasteiger partial charge in [0.15, 0.2) is 0 Å². The van der Waals surface area contributed by atoms with Crippen molar-refractivity contribution in [1.29, 1.82) is 0 Å². The highest BCUT2D eigenvalue weighted by Crippen LogP contribution is 2.04. The molecular formula is C11H25NS. The molecule has 0 aliphatic rings. The number of rotatable bonds is 10. The molecule has 13 heavy (non-hydrogen) atoms. The van der Waals surface area contributed by atoms with E-state index >= 15 is 0 Å². The largest absolute Gasteiger partial charge is 0.316 e. The Morgan fingerprint density at radius 1 is 0.846 bits per heavy atom. The van der Waals surface area contributed by atoms with Crippen LogP contribution in [0.5, 0.6) is 0 Å². The van der Waals surface area contributed by atoms with Gasteiger partial charge in [-0.3, -0.25) is 0 Å². The van der Waals surface area contributed by atoms with Gasteiger partial charge >= 0.3 is 0 Å². The van der Waals surface area contributed by atoms with Gasteiger partial charge in [-0.2, -0.15) is 11.8 Å². The van der Waals surface area contributed by atoms with Crippen LogP contribution in [0.3, 0.4) is 0 Å². The zero-order valence-corrected chi connectivity index (χ0v) is 10.1. The van der Waals surface area contributed by atoms with Crippen molar-refractivity contribution < 1.29 is 0 Å². The molecule has 0 amide bonds. The molecule has 0 aliphatic heterocycles. The van der Waals surface area contributed by atoms with E-state index in [0.717, 1.165) is 0 Å². The second kappa shape index (κ2) is 12.3. The average molecular weight is 203 g/mol. The molecule has 0 spiro atoms. The molecule has 1 N–H and O–H groups in total. The maximum absolute atomic E-state index is 3.46. The minimum atomic E-state index is 1.19. The third-order valence-corrected chi connectivity index (χ3v) is 3.09. The molecule has 0 saturated carbocycles. The van der Waals surface area contributed by atoms with Gasteiger partial charge in [0, 0.05) is 12.3 Å². The van der Waals surface area contributed by atoms with E-state index in [4.69, 9.17) is 0 Å². The Bertz CT molecular complexity index is 76.2.